The molecule has 0 spiro atoms. The van der Waals surface area contributed by atoms with Crippen LogP contribution in [0.5, 0.6) is 0 Å². The number of hydrogen-bond donors (Lipinski definition) is 0. The molecule has 0 N–H and O–H groups in total. The van der Waals surface area contributed by atoms with Gasteiger partial charge in [0.05, 0.1) is 17.7 Å². The van der Waals surface area contributed by atoms with E-state index in [0.29, 0.717) is 10.6 Å². The summed E-state index contributed by atoms with van der Waals surface area (Å²) < 4.78 is 4.57. The number of ketones is 1. The highest BCUT2D eigenvalue weighted by molar-refractivity contribution is 6.38. The van der Waals surface area contributed by atoms with Gasteiger partial charge < -0.3 is 4.74 Å². The molecular weight excluding hydrogens is 251 g/mol. The van der Waals surface area contributed by atoms with Crippen LogP contribution in [0.2, 0.25) is 10.0 Å². The van der Waals surface area contributed by atoms with Crippen LogP contribution in [0.3, 0.4) is 0 Å². The van der Waals surface area contributed by atoms with Crippen molar-refractivity contribution >= 4 is 35.0 Å². The lowest BCUT2D eigenvalue weighted by Crippen LogP contribution is -2.06. The number of carbonyl (C=O) groups excluding carboxylic acids is 2. The summed E-state index contributed by atoms with van der Waals surface area (Å²) in [6, 6.07) is 3.00. The maximum atomic E-state index is 11.3. The molecule has 0 aliphatic rings. The molecule has 0 aliphatic carbocycles. The minimum Gasteiger partial charge on any atom is -0.465 e. The summed E-state index contributed by atoms with van der Waals surface area (Å²) in [6.07, 6.45) is 0.0997. The number of halogens is 2. The van der Waals surface area contributed by atoms with E-state index in [2.05, 4.69) is 4.74 Å². The number of esters is 1. The molecule has 86 valence electrons. The van der Waals surface area contributed by atoms with Crippen LogP contribution in [0.25, 0.3) is 0 Å². The fourth-order valence-corrected chi connectivity index (χ4v) is 1.86. The van der Waals surface area contributed by atoms with E-state index in [9.17, 15) is 9.59 Å². The molecule has 0 bridgehead atoms. The maximum Gasteiger partial charge on any atom is 0.339 e. The Bertz CT molecular complexity index is 441. The Morgan fingerprint density at radius 1 is 1.31 bits per heavy atom. The van der Waals surface area contributed by atoms with Gasteiger partial charge in [0, 0.05) is 11.4 Å². The van der Waals surface area contributed by atoms with Crippen molar-refractivity contribution < 1.29 is 14.3 Å². The quantitative estimate of drug-likeness (QED) is 0.785. The molecule has 0 amide bonds. The molecule has 0 saturated heterocycles. The highest BCUT2D eigenvalue weighted by Crippen LogP contribution is 2.29. The molecule has 0 heterocycles. The normalized spacial score (nSPS) is 10.0. The van der Waals surface area contributed by atoms with Gasteiger partial charge in [0.2, 0.25) is 0 Å². The maximum absolute atomic E-state index is 11.3. The summed E-state index contributed by atoms with van der Waals surface area (Å²) in [5, 5.41) is 0.544. The van der Waals surface area contributed by atoms with E-state index in [1.165, 1.54) is 26.2 Å². The molecule has 0 aliphatic heterocycles. The van der Waals surface area contributed by atoms with E-state index < -0.39 is 5.97 Å². The Labute approximate surface area is 103 Å². The Morgan fingerprint density at radius 3 is 2.44 bits per heavy atom. The zero-order valence-corrected chi connectivity index (χ0v) is 10.4. The fraction of sp³-hybridized carbons (Fsp3) is 0.273. The van der Waals surface area contributed by atoms with E-state index in [-0.39, 0.29) is 22.8 Å². The van der Waals surface area contributed by atoms with Crippen molar-refractivity contribution in [1.29, 1.82) is 0 Å². The molecular formula is C11H10Cl2O3. The lowest BCUT2D eigenvalue weighted by Gasteiger charge is -2.08. The van der Waals surface area contributed by atoms with Gasteiger partial charge in [0.25, 0.3) is 0 Å². The SMILES string of the molecule is COC(=O)c1ccc(Cl)c(CC(C)=O)c1Cl. The Hall–Kier alpha value is -1.06. The first-order valence-electron chi connectivity index (χ1n) is 4.52. The number of methoxy groups -OCH3 is 1. The first-order chi connectivity index (χ1) is 7.47. The lowest BCUT2D eigenvalue weighted by molar-refractivity contribution is -0.116. The van der Waals surface area contributed by atoms with E-state index in [1.54, 1.807) is 0 Å². The van der Waals surface area contributed by atoms with Crippen molar-refractivity contribution in [1.82, 2.24) is 0 Å². The first kappa shape index (κ1) is 13.0. The molecule has 0 fully saturated rings. The molecule has 0 atom stereocenters. The van der Waals surface area contributed by atoms with E-state index in [4.69, 9.17) is 23.2 Å². The van der Waals surface area contributed by atoms with Crippen LogP contribution in [0.15, 0.2) is 12.1 Å². The van der Waals surface area contributed by atoms with Crippen molar-refractivity contribution in [2.45, 2.75) is 13.3 Å². The van der Waals surface area contributed by atoms with Crippen LogP contribution in [0.1, 0.15) is 22.8 Å². The molecule has 1 aromatic rings. The largest absolute Gasteiger partial charge is 0.465 e. The molecule has 0 aromatic heterocycles. The highest BCUT2D eigenvalue weighted by atomic mass is 35.5. The third kappa shape index (κ3) is 2.74. The smallest absolute Gasteiger partial charge is 0.339 e. The van der Waals surface area contributed by atoms with Gasteiger partial charge in [-0.3, -0.25) is 4.79 Å². The van der Waals surface area contributed by atoms with Crippen molar-refractivity contribution in [3.05, 3.63) is 33.3 Å². The summed E-state index contributed by atoms with van der Waals surface area (Å²) >= 11 is 11.9. The number of hydrogen-bond acceptors (Lipinski definition) is 3. The second kappa shape index (κ2) is 5.32. The van der Waals surface area contributed by atoms with Crippen molar-refractivity contribution in [2.24, 2.45) is 0 Å². The summed E-state index contributed by atoms with van der Waals surface area (Å²) in [5.41, 5.74) is 0.670. The zero-order chi connectivity index (χ0) is 12.3. The second-order valence-electron chi connectivity index (χ2n) is 3.26. The Balaban J connectivity index is 3.26. The van der Waals surface area contributed by atoms with Gasteiger partial charge in [-0.2, -0.15) is 0 Å². The third-order valence-corrected chi connectivity index (χ3v) is 2.80. The topological polar surface area (TPSA) is 43.4 Å². The van der Waals surface area contributed by atoms with Crippen molar-refractivity contribution in [3.8, 4) is 0 Å². The molecule has 3 nitrogen and oxygen atoms in total. The molecule has 16 heavy (non-hydrogen) atoms. The van der Waals surface area contributed by atoms with E-state index in [0.717, 1.165) is 0 Å². The van der Waals surface area contributed by atoms with Gasteiger partial charge in [0.1, 0.15) is 5.78 Å². The molecule has 5 heteroatoms. The van der Waals surface area contributed by atoms with E-state index >= 15 is 0 Å². The van der Waals surface area contributed by atoms with Gasteiger partial charge in [-0.05, 0) is 24.6 Å². The summed E-state index contributed by atoms with van der Waals surface area (Å²) in [5.74, 6) is -0.628. The number of benzene rings is 1. The summed E-state index contributed by atoms with van der Waals surface area (Å²) in [4.78, 5) is 22.4. The van der Waals surface area contributed by atoms with Crippen LogP contribution in [0, 0.1) is 0 Å². The van der Waals surface area contributed by atoms with Gasteiger partial charge in [0.15, 0.2) is 0 Å². The summed E-state index contributed by atoms with van der Waals surface area (Å²) in [6.45, 7) is 1.43. The van der Waals surface area contributed by atoms with Crippen LogP contribution in [0.4, 0.5) is 0 Å². The Kier molecular flexibility index (Phi) is 4.33. The standard InChI is InChI=1S/C11H10Cl2O3/c1-6(14)5-8-9(12)4-3-7(10(8)13)11(15)16-2/h3-4H,5H2,1-2H3. The van der Waals surface area contributed by atoms with Crippen LogP contribution < -0.4 is 0 Å². The summed E-state index contributed by atoms with van der Waals surface area (Å²) in [7, 11) is 1.26. The van der Waals surface area contributed by atoms with Crippen molar-refractivity contribution in [2.75, 3.05) is 7.11 Å². The Morgan fingerprint density at radius 2 is 1.94 bits per heavy atom. The molecule has 1 rings (SSSR count). The third-order valence-electron chi connectivity index (χ3n) is 2.02. The second-order valence-corrected chi connectivity index (χ2v) is 4.04. The van der Waals surface area contributed by atoms with Crippen LogP contribution in [-0.2, 0) is 16.0 Å². The molecule has 0 saturated carbocycles. The predicted molar refractivity (Wildman–Crippen MR) is 62.2 cm³/mol. The van der Waals surface area contributed by atoms with Gasteiger partial charge in [-0.15, -0.1) is 0 Å². The lowest BCUT2D eigenvalue weighted by atomic mass is 10.1. The number of ether oxygens (including phenoxy) is 1. The minimum atomic E-state index is -0.550. The van der Waals surface area contributed by atoms with E-state index in [1.807, 2.05) is 0 Å². The van der Waals surface area contributed by atoms with Crippen LogP contribution >= 0.6 is 23.2 Å². The molecule has 1 aromatic carbocycles. The molecule has 0 unspecified atom stereocenters. The van der Waals surface area contributed by atoms with Gasteiger partial charge in [-0.25, -0.2) is 4.79 Å². The highest BCUT2D eigenvalue weighted by Gasteiger charge is 2.17. The fourth-order valence-electron chi connectivity index (χ4n) is 1.28. The number of carbonyl (C=O) groups is 2. The van der Waals surface area contributed by atoms with Crippen LogP contribution in [-0.4, -0.2) is 18.9 Å². The number of Topliss-reactive ketones (excluding diaryl/α,β-unsaturated/α-hetero) is 1. The van der Waals surface area contributed by atoms with Gasteiger partial charge >= 0.3 is 5.97 Å². The average Bonchev–Trinajstić information content (AvgIpc) is 2.23. The monoisotopic (exact) mass is 260 g/mol. The minimum absolute atomic E-state index is 0.0779. The molecule has 0 radical (unpaired) electrons. The zero-order valence-electron chi connectivity index (χ0n) is 8.84. The van der Waals surface area contributed by atoms with Crippen molar-refractivity contribution in [3.63, 3.8) is 0 Å². The predicted octanol–water partition coefficient (Wildman–Crippen LogP) is 2.91. The van der Waals surface area contributed by atoms with Gasteiger partial charge in [-0.1, -0.05) is 23.2 Å². The number of rotatable bonds is 3. The first-order valence-corrected chi connectivity index (χ1v) is 5.27. The average molecular weight is 261 g/mol.